The summed E-state index contributed by atoms with van der Waals surface area (Å²) in [7, 11) is 0. The van der Waals surface area contributed by atoms with E-state index < -0.39 is 0 Å². The molecule has 2 fully saturated rings. The first-order chi connectivity index (χ1) is 13.6. The Morgan fingerprint density at radius 3 is 2.75 bits per heavy atom. The SMILES string of the molecule is CCOC(=O)[C@H]1CCCN(C(=O)c2cc3c(C)nn(C4CCCCC4)c3s2)C1. The summed E-state index contributed by atoms with van der Waals surface area (Å²) in [5.41, 5.74) is 0.999. The van der Waals surface area contributed by atoms with Gasteiger partial charge < -0.3 is 9.64 Å². The van der Waals surface area contributed by atoms with Crippen LogP contribution in [-0.2, 0) is 9.53 Å². The third-order valence-corrected chi connectivity index (χ3v) is 7.14. The maximum Gasteiger partial charge on any atom is 0.310 e. The number of fused-ring (bicyclic) bond motifs is 1. The first kappa shape index (κ1) is 19.4. The van der Waals surface area contributed by atoms with Gasteiger partial charge in [0.15, 0.2) is 0 Å². The minimum atomic E-state index is -0.202. The lowest BCUT2D eigenvalue weighted by molar-refractivity contribution is -0.149. The first-order valence-electron chi connectivity index (χ1n) is 10.5. The molecule has 1 aliphatic carbocycles. The van der Waals surface area contributed by atoms with E-state index in [0.29, 0.717) is 25.7 Å². The largest absolute Gasteiger partial charge is 0.466 e. The minimum absolute atomic E-state index is 0.0322. The fourth-order valence-electron chi connectivity index (χ4n) is 4.52. The van der Waals surface area contributed by atoms with Gasteiger partial charge in [0.2, 0.25) is 0 Å². The van der Waals surface area contributed by atoms with Gasteiger partial charge in [0, 0.05) is 18.5 Å². The summed E-state index contributed by atoms with van der Waals surface area (Å²) in [5, 5.41) is 5.88. The van der Waals surface area contributed by atoms with Crippen molar-refractivity contribution in [3.05, 3.63) is 16.6 Å². The van der Waals surface area contributed by atoms with Crippen LogP contribution in [0, 0.1) is 12.8 Å². The number of rotatable bonds is 4. The quantitative estimate of drug-likeness (QED) is 0.713. The zero-order valence-electron chi connectivity index (χ0n) is 16.8. The van der Waals surface area contributed by atoms with Crippen molar-refractivity contribution in [1.82, 2.24) is 14.7 Å². The molecule has 1 atom stereocenters. The molecule has 1 saturated heterocycles. The third kappa shape index (κ3) is 3.69. The molecule has 4 rings (SSSR count). The van der Waals surface area contributed by atoms with E-state index in [9.17, 15) is 9.59 Å². The highest BCUT2D eigenvalue weighted by atomic mass is 32.1. The highest BCUT2D eigenvalue weighted by molar-refractivity contribution is 7.20. The van der Waals surface area contributed by atoms with Crippen LogP contribution in [0.3, 0.4) is 0 Å². The predicted octanol–water partition coefficient (Wildman–Crippen LogP) is 4.33. The summed E-state index contributed by atoms with van der Waals surface area (Å²) < 4.78 is 7.33. The second-order valence-corrected chi connectivity index (χ2v) is 9.02. The van der Waals surface area contributed by atoms with Crippen molar-refractivity contribution in [1.29, 1.82) is 0 Å². The predicted molar refractivity (Wildman–Crippen MR) is 110 cm³/mol. The highest BCUT2D eigenvalue weighted by Crippen LogP contribution is 2.36. The number of esters is 1. The number of ether oxygens (including phenoxy) is 1. The summed E-state index contributed by atoms with van der Waals surface area (Å²) in [6, 6.07) is 2.45. The summed E-state index contributed by atoms with van der Waals surface area (Å²) in [5.74, 6) is -0.351. The molecule has 2 aliphatic rings. The molecule has 1 aliphatic heterocycles. The van der Waals surface area contributed by atoms with Gasteiger partial charge in [-0.2, -0.15) is 5.10 Å². The lowest BCUT2D eigenvalue weighted by Gasteiger charge is -2.31. The summed E-state index contributed by atoms with van der Waals surface area (Å²) in [6.07, 6.45) is 7.80. The van der Waals surface area contributed by atoms with Gasteiger partial charge in [-0.1, -0.05) is 19.3 Å². The number of carbonyl (C=O) groups is 2. The Labute approximate surface area is 169 Å². The minimum Gasteiger partial charge on any atom is -0.466 e. The number of thiophene rings is 1. The van der Waals surface area contributed by atoms with E-state index in [2.05, 4.69) is 4.68 Å². The Balaban J connectivity index is 1.55. The number of hydrogen-bond donors (Lipinski definition) is 0. The molecule has 7 heteroatoms. The van der Waals surface area contributed by atoms with E-state index in [1.54, 1.807) is 11.3 Å². The summed E-state index contributed by atoms with van der Waals surface area (Å²) >= 11 is 1.55. The number of aryl methyl sites for hydroxylation is 1. The Bertz CT molecular complexity index is 866. The number of aromatic nitrogens is 2. The molecular weight excluding hydrogens is 374 g/mol. The van der Waals surface area contributed by atoms with E-state index in [1.807, 2.05) is 24.8 Å². The Hall–Kier alpha value is -1.89. The van der Waals surface area contributed by atoms with Crippen molar-refractivity contribution >= 4 is 33.4 Å². The molecule has 6 nitrogen and oxygen atoms in total. The molecule has 2 aromatic rings. The lowest BCUT2D eigenvalue weighted by Crippen LogP contribution is -2.42. The number of amides is 1. The van der Waals surface area contributed by atoms with Crippen molar-refractivity contribution in [2.45, 2.75) is 64.8 Å². The zero-order valence-corrected chi connectivity index (χ0v) is 17.6. The first-order valence-corrected chi connectivity index (χ1v) is 11.3. The Morgan fingerprint density at radius 2 is 2.00 bits per heavy atom. The van der Waals surface area contributed by atoms with Crippen LogP contribution in [0.25, 0.3) is 10.2 Å². The van der Waals surface area contributed by atoms with Crippen molar-refractivity contribution in [2.75, 3.05) is 19.7 Å². The fourth-order valence-corrected chi connectivity index (χ4v) is 5.72. The number of piperidine rings is 1. The van der Waals surface area contributed by atoms with Crippen molar-refractivity contribution in [3.63, 3.8) is 0 Å². The molecule has 2 aromatic heterocycles. The normalized spacial score (nSPS) is 21.2. The molecule has 3 heterocycles. The van der Waals surface area contributed by atoms with Crippen LogP contribution in [-0.4, -0.2) is 46.3 Å². The van der Waals surface area contributed by atoms with Gasteiger partial charge in [-0.05, 0) is 45.6 Å². The van der Waals surface area contributed by atoms with Crippen molar-refractivity contribution in [2.24, 2.45) is 5.92 Å². The number of hydrogen-bond acceptors (Lipinski definition) is 5. The van der Waals surface area contributed by atoms with Gasteiger partial charge >= 0.3 is 5.97 Å². The van der Waals surface area contributed by atoms with Gasteiger partial charge in [-0.25, -0.2) is 0 Å². The van der Waals surface area contributed by atoms with Gasteiger partial charge in [0.05, 0.1) is 29.1 Å². The van der Waals surface area contributed by atoms with Crippen molar-refractivity contribution < 1.29 is 14.3 Å². The highest BCUT2D eigenvalue weighted by Gasteiger charge is 2.31. The van der Waals surface area contributed by atoms with Crippen LogP contribution in [0.1, 0.15) is 73.3 Å². The Morgan fingerprint density at radius 1 is 1.21 bits per heavy atom. The van der Waals surface area contributed by atoms with Gasteiger partial charge in [-0.15, -0.1) is 11.3 Å². The average molecular weight is 404 g/mol. The zero-order chi connectivity index (χ0) is 19.7. The molecule has 152 valence electrons. The van der Waals surface area contributed by atoms with Crippen molar-refractivity contribution in [3.8, 4) is 0 Å². The molecule has 0 unspecified atom stereocenters. The molecule has 0 bridgehead atoms. The van der Waals surface area contributed by atoms with Crippen LogP contribution in [0.2, 0.25) is 0 Å². The number of carbonyl (C=O) groups excluding carboxylic acids is 2. The molecule has 1 amide bonds. The second kappa shape index (κ2) is 8.23. The van der Waals surface area contributed by atoms with Gasteiger partial charge in [0.25, 0.3) is 5.91 Å². The number of likely N-dealkylation sites (tertiary alicyclic amines) is 1. The third-order valence-electron chi connectivity index (χ3n) is 6.03. The smallest absolute Gasteiger partial charge is 0.310 e. The second-order valence-electron chi connectivity index (χ2n) is 7.99. The standard InChI is InChI=1S/C21H29N3O3S/c1-3-27-21(26)15-8-7-11-23(13-15)19(25)18-12-17-14(2)22-24(20(17)28-18)16-9-5-4-6-10-16/h12,15-16H,3-11,13H2,1-2H3/t15-/m0/s1. The molecule has 28 heavy (non-hydrogen) atoms. The van der Waals surface area contributed by atoms with Crippen LogP contribution >= 0.6 is 11.3 Å². The van der Waals surface area contributed by atoms with E-state index in [0.717, 1.165) is 33.6 Å². The van der Waals surface area contributed by atoms with Crippen LogP contribution in [0.15, 0.2) is 6.07 Å². The van der Waals surface area contributed by atoms with Gasteiger partial charge in [-0.3, -0.25) is 14.3 Å². The van der Waals surface area contributed by atoms with Crippen LogP contribution in [0.4, 0.5) is 0 Å². The van der Waals surface area contributed by atoms with Crippen LogP contribution in [0.5, 0.6) is 0 Å². The average Bonchev–Trinajstić information content (AvgIpc) is 3.29. The molecular formula is C21H29N3O3S. The van der Waals surface area contributed by atoms with E-state index in [1.165, 1.54) is 32.1 Å². The topological polar surface area (TPSA) is 64.4 Å². The van der Waals surface area contributed by atoms with E-state index in [4.69, 9.17) is 9.84 Å². The molecule has 0 spiro atoms. The fraction of sp³-hybridized carbons (Fsp3) is 0.667. The number of nitrogens with zero attached hydrogens (tertiary/aromatic N) is 3. The Kier molecular flexibility index (Phi) is 5.71. The maximum atomic E-state index is 13.1. The maximum absolute atomic E-state index is 13.1. The van der Waals surface area contributed by atoms with Crippen LogP contribution < -0.4 is 0 Å². The monoisotopic (exact) mass is 403 g/mol. The van der Waals surface area contributed by atoms with E-state index >= 15 is 0 Å². The molecule has 0 radical (unpaired) electrons. The molecule has 1 saturated carbocycles. The molecule has 0 N–H and O–H groups in total. The molecule has 0 aromatic carbocycles. The summed E-state index contributed by atoms with van der Waals surface area (Å²) in [6.45, 7) is 5.39. The lowest BCUT2D eigenvalue weighted by atomic mass is 9.96. The summed E-state index contributed by atoms with van der Waals surface area (Å²) in [4.78, 5) is 28.9. The van der Waals surface area contributed by atoms with Gasteiger partial charge in [0.1, 0.15) is 4.83 Å². The van der Waals surface area contributed by atoms with E-state index in [-0.39, 0.29) is 17.8 Å².